The molecule has 17 nitrogen and oxygen atoms in total. The molecular weight excluding hydrogens is 1050 g/mol. The number of pyridine rings is 1. The molecular formula is C57H68F4N8O9S. The number of amides is 4. The van der Waals surface area contributed by atoms with Crippen LogP contribution in [0, 0.1) is 24.1 Å². The molecule has 2 aliphatic heterocycles. The molecule has 2 aliphatic rings. The fraction of sp³-hybridized carbons (Fsp3) is 0.456. The van der Waals surface area contributed by atoms with Crippen LogP contribution in [0.25, 0.3) is 21.6 Å². The number of ketones is 1. The van der Waals surface area contributed by atoms with E-state index in [9.17, 15) is 47.0 Å². The number of carbonyl (C=O) groups is 5. The average Bonchev–Trinajstić information content (AvgIpc) is 4.07. The number of thiazole rings is 1. The van der Waals surface area contributed by atoms with E-state index in [4.69, 9.17) is 9.47 Å². The highest BCUT2D eigenvalue weighted by Gasteiger charge is 2.44. The molecule has 4 amide bonds. The van der Waals surface area contributed by atoms with Gasteiger partial charge in [0.25, 0.3) is 11.8 Å². The average molecular weight is 1120 g/mol. The highest BCUT2D eigenvalue weighted by molar-refractivity contribution is 7.13. The van der Waals surface area contributed by atoms with Gasteiger partial charge in [-0.3, -0.25) is 33.7 Å². The van der Waals surface area contributed by atoms with Crippen molar-refractivity contribution in [2.75, 3.05) is 69.9 Å². The van der Waals surface area contributed by atoms with E-state index in [1.807, 2.05) is 77.8 Å². The van der Waals surface area contributed by atoms with E-state index in [1.54, 1.807) is 29.0 Å². The number of H-pyrrole nitrogens is 1. The Bertz CT molecular complexity index is 3040. The van der Waals surface area contributed by atoms with Crippen LogP contribution in [0.15, 0.2) is 83.2 Å². The van der Waals surface area contributed by atoms with Gasteiger partial charge in [-0.05, 0) is 74.2 Å². The van der Waals surface area contributed by atoms with E-state index < -0.39 is 64.0 Å². The van der Waals surface area contributed by atoms with E-state index in [-0.39, 0.29) is 117 Å². The summed E-state index contributed by atoms with van der Waals surface area (Å²) < 4.78 is 68.9. The molecule has 2 fully saturated rings. The second-order valence-electron chi connectivity index (χ2n) is 21.2. The number of ether oxygens (including phenoxy) is 2. The van der Waals surface area contributed by atoms with Crippen molar-refractivity contribution in [2.45, 2.75) is 97.8 Å². The number of benzene rings is 3. The van der Waals surface area contributed by atoms with E-state index >= 15 is 4.39 Å². The zero-order valence-electron chi connectivity index (χ0n) is 45.3. The van der Waals surface area contributed by atoms with Gasteiger partial charge in [-0.2, -0.15) is 13.2 Å². The van der Waals surface area contributed by atoms with Gasteiger partial charge in [-0.1, -0.05) is 57.2 Å². The Morgan fingerprint density at radius 1 is 0.873 bits per heavy atom. The highest BCUT2D eigenvalue weighted by Crippen LogP contribution is 2.38. The summed E-state index contributed by atoms with van der Waals surface area (Å²) >= 11 is 1.55. The van der Waals surface area contributed by atoms with E-state index in [1.165, 1.54) is 23.1 Å². The van der Waals surface area contributed by atoms with Crippen LogP contribution in [0.3, 0.4) is 0 Å². The summed E-state index contributed by atoms with van der Waals surface area (Å²) in [6.45, 7) is 13.3. The molecule has 0 radical (unpaired) electrons. The number of nitrogens with one attached hydrogen (secondary N) is 4. The number of Topliss-reactive ketones (excluding diaryl/α,β-unsaturated/α-hetero) is 1. The van der Waals surface area contributed by atoms with Crippen molar-refractivity contribution in [3.05, 3.63) is 123 Å². The largest absolute Gasteiger partial charge is 0.417 e. The van der Waals surface area contributed by atoms with Gasteiger partial charge in [-0.25, -0.2) is 9.37 Å². The molecule has 4 heterocycles. The number of aromatic nitrogens is 2. The fourth-order valence-corrected chi connectivity index (χ4v) is 10.6. The maximum absolute atomic E-state index is 15.9. The fourth-order valence-electron chi connectivity index (χ4n) is 9.76. The van der Waals surface area contributed by atoms with Gasteiger partial charge in [0.05, 0.1) is 71.1 Å². The van der Waals surface area contributed by atoms with Crippen molar-refractivity contribution >= 4 is 52.1 Å². The molecule has 5 aromatic rings. The number of carbonyl (C=O) groups excluding carboxylic acids is 5. The minimum absolute atomic E-state index is 0.00697. The number of aliphatic hydroxyl groups is 1. The molecule has 5 N–H and O–H groups in total. The quantitative estimate of drug-likeness (QED) is 0.0358. The number of hydrogen-bond acceptors (Lipinski definition) is 13. The molecule has 0 bridgehead atoms. The van der Waals surface area contributed by atoms with Gasteiger partial charge in [0, 0.05) is 93.4 Å². The van der Waals surface area contributed by atoms with Crippen molar-refractivity contribution < 1.29 is 56.1 Å². The van der Waals surface area contributed by atoms with Crippen LogP contribution in [-0.2, 0) is 36.6 Å². The summed E-state index contributed by atoms with van der Waals surface area (Å²) in [4.78, 5) is 92.2. The van der Waals surface area contributed by atoms with Crippen molar-refractivity contribution in [1.82, 2.24) is 30.4 Å². The number of likely N-dealkylation sites (tertiary alicyclic amines) is 1. The monoisotopic (exact) mass is 1120 g/mol. The number of nitrogens with zero attached hydrogens (tertiary/aromatic N) is 4. The zero-order valence-corrected chi connectivity index (χ0v) is 46.1. The number of rotatable bonds is 21. The summed E-state index contributed by atoms with van der Waals surface area (Å²) in [5.41, 5.74) is 1.69. The molecule has 0 spiro atoms. The Kier molecular flexibility index (Phi) is 19.6. The first-order chi connectivity index (χ1) is 37.4. The topological polar surface area (TPSA) is 216 Å². The lowest BCUT2D eigenvalue weighted by atomic mass is 9.76. The van der Waals surface area contributed by atoms with Gasteiger partial charge < -0.3 is 45.3 Å². The van der Waals surface area contributed by atoms with Crippen LogP contribution in [-0.4, -0.2) is 138 Å². The number of likely N-dealkylation sites (N-methyl/N-ethyl adjacent to an activating group) is 1. The van der Waals surface area contributed by atoms with Crippen molar-refractivity contribution in [3.63, 3.8) is 0 Å². The van der Waals surface area contributed by atoms with Gasteiger partial charge in [0.15, 0.2) is 0 Å². The molecule has 424 valence electrons. The Hall–Kier alpha value is -6.85. The van der Waals surface area contributed by atoms with E-state index in [2.05, 4.69) is 30.8 Å². The van der Waals surface area contributed by atoms with Gasteiger partial charge >= 0.3 is 6.18 Å². The molecule has 0 unspecified atom stereocenters. The summed E-state index contributed by atoms with van der Waals surface area (Å²) in [5, 5.41) is 18.8. The SMILES string of the molecule is Cc1ncsc1-c1ccc(CNC(=O)[C@@H]2C[C@@H](O)CN2C(=O)[C@@H](CC(=O)CCOCCOCCNC(=O)c2ccc(-c3ccc(N4C[C@@H](C)N(C)[C@@H](C)C4)c(NC(=O)c4c[nH]c(=O)cc4C(F)(F)F)c3)c(F)c2)C(C)(C)C)cc1. The molecule has 0 saturated carbocycles. The van der Waals surface area contributed by atoms with Crippen LogP contribution in [0.1, 0.15) is 91.4 Å². The van der Waals surface area contributed by atoms with Gasteiger partial charge in [0.1, 0.15) is 17.6 Å². The molecule has 2 aromatic heterocycles. The third-order valence-electron chi connectivity index (χ3n) is 14.5. The Morgan fingerprint density at radius 3 is 2.20 bits per heavy atom. The summed E-state index contributed by atoms with van der Waals surface area (Å²) in [7, 11) is 1.98. The number of halogens is 4. The second-order valence-corrected chi connectivity index (χ2v) is 22.1. The lowest BCUT2D eigenvalue weighted by Gasteiger charge is -2.44. The minimum Gasteiger partial charge on any atom is -0.391 e. The molecule has 5 atom stereocenters. The third kappa shape index (κ3) is 15.3. The van der Waals surface area contributed by atoms with Gasteiger partial charge in [-0.15, -0.1) is 11.3 Å². The summed E-state index contributed by atoms with van der Waals surface area (Å²) in [6, 6.07) is 15.9. The Morgan fingerprint density at radius 2 is 1.56 bits per heavy atom. The molecule has 7 rings (SSSR count). The molecule has 0 aliphatic carbocycles. The number of aromatic amines is 1. The van der Waals surface area contributed by atoms with Crippen LogP contribution < -0.4 is 26.4 Å². The molecule has 22 heteroatoms. The number of anilines is 2. The predicted octanol–water partition coefficient (Wildman–Crippen LogP) is 7.47. The number of aliphatic hydroxyl groups excluding tert-OH is 1. The summed E-state index contributed by atoms with van der Waals surface area (Å²) in [6.07, 6.45) is -5.16. The third-order valence-corrected chi connectivity index (χ3v) is 15.4. The maximum Gasteiger partial charge on any atom is 0.417 e. The smallest absolute Gasteiger partial charge is 0.391 e. The highest BCUT2D eigenvalue weighted by atomic mass is 32.1. The van der Waals surface area contributed by atoms with E-state index in [0.29, 0.717) is 31.0 Å². The predicted molar refractivity (Wildman–Crippen MR) is 292 cm³/mol. The Balaban J connectivity index is 0.855. The van der Waals surface area contributed by atoms with Crippen molar-refractivity contribution in [1.29, 1.82) is 0 Å². The van der Waals surface area contributed by atoms with Crippen LogP contribution in [0.2, 0.25) is 0 Å². The lowest BCUT2D eigenvalue weighted by Crippen LogP contribution is -2.55. The number of β-amino-alcohol motifs (C(OH)–C–C–N with tert-alkyl or cyclic N) is 1. The van der Waals surface area contributed by atoms with Crippen LogP contribution >= 0.6 is 11.3 Å². The summed E-state index contributed by atoms with van der Waals surface area (Å²) in [5.74, 6) is -4.22. The first-order valence-electron chi connectivity index (χ1n) is 26.1. The molecule has 3 aromatic carbocycles. The van der Waals surface area contributed by atoms with Crippen LogP contribution in [0.4, 0.5) is 28.9 Å². The molecule has 2 saturated heterocycles. The number of aryl methyl sites for hydroxylation is 1. The van der Waals surface area contributed by atoms with E-state index in [0.717, 1.165) is 27.8 Å². The normalized spacial score (nSPS) is 18.3. The number of hydrogen-bond donors (Lipinski definition) is 5. The number of piperazine rings is 1. The van der Waals surface area contributed by atoms with Crippen LogP contribution in [0.5, 0.6) is 0 Å². The van der Waals surface area contributed by atoms with Crippen molar-refractivity contribution in [3.8, 4) is 21.6 Å². The van der Waals surface area contributed by atoms with Gasteiger partial charge in [0.2, 0.25) is 17.4 Å². The zero-order chi connectivity index (χ0) is 57.3. The number of alkyl halides is 3. The first-order valence-corrected chi connectivity index (χ1v) is 27.0. The minimum atomic E-state index is -5.00. The Labute approximate surface area is 460 Å². The maximum atomic E-state index is 15.9. The molecule has 79 heavy (non-hydrogen) atoms. The first kappa shape index (κ1) is 59.8. The standard InChI is InChI=1S/C57H68F4N8O9S/c1-33-29-68(30-34(2)67(33)7)48-15-13-38(23-47(48)66-53(74)43-28-63-50(72)26-44(43)57(59,60)61)42-14-12-39(22-46(42)58)52(73)62-17-19-78-21-20-77-18-16-40(70)24-45(56(4,5)6)55(76)69-31-41(71)25-49(69)54(75)64-27-36-8-10-37(11-9-36)51-35(3)65-32-79-51/h8-15,22-23,26,28,32-34,41,45,49,71H,16-21,24-25,27,29-31H2,1-7H3,(H,62,73)(H,63,72)(H,64,75)(H,66,74)/t33-,34+,41-,45-,49+/m1/s1. The van der Waals surface area contributed by atoms with Crippen molar-refractivity contribution in [2.24, 2.45) is 11.3 Å². The second kappa shape index (κ2) is 26.0. The lowest BCUT2D eigenvalue weighted by molar-refractivity contribution is -0.146.